The summed E-state index contributed by atoms with van der Waals surface area (Å²) >= 11 is 9.00. The Morgan fingerprint density at radius 1 is 1.20 bits per heavy atom. The SMILES string of the molecule is O=C(/C=C/c1cc(Br)ccc1F)Nc1ccc(Cl)cc1. The molecule has 0 saturated carbocycles. The summed E-state index contributed by atoms with van der Waals surface area (Å²) in [6, 6.07) is 11.3. The lowest BCUT2D eigenvalue weighted by molar-refractivity contribution is -0.111. The summed E-state index contributed by atoms with van der Waals surface area (Å²) in [6.07, 6.45) is 2.70. The van der Waals surface area contributed by atoms with E-state index in [1.54, 1.807) is 36.4 Å². The van der Waals surface area contributed by atoms with Crippen molar-refractivity contribution in [3.05, 3.63) is 69.4 Å². The number of halogens is 3. The van der Waals surface area contributed by atoms with Gasteiger partial charge in [-0.15, -0.1) is 0 Å². The number of benzene rings is 2. The predicted octanol–water partition coefficient (Wildman–Crippen LogP) is 4.89. The molecule has 2 aromatic carbocycles. The van der Waals surface area contributed by atoms with Gasteiger partial charge in [-0.3, -0.25) is 4.79 Å². The van der Waals surface area contributed by atoms with Gasteiger partial charge >= 0.3 is 0 Å². The van der Waals surface area contributed by atoms with Crippen molar-refractivity contribution >= 4 is 45.2 Å². The third-order valence-electron chi connectivity index (χ3n) is 2.48. The molecule has 0 unspecified atom stereocenters. The lowest BCUT2D eigenvalue weighted by atomic mass is 10.2. The van der Waals surface area contributed by atoms with Crippen LogP contribution in [-0.2, 0) is 4.79 Å². The average Bonchev–Trinajstić information content (AvgIpc) is 2.42. The van der Waals surface area contributed by atoms with E-state index in [0.717, 1.165) is 4.47 Å². The Kier molecular flexibility index (Phi) is 4.93. The summed E-state index contributed by atoms with van der Waals surface area (Å²) in [5.74, 6) is -0.726. The van der Waals surface area contributed by atoms with Crippen molar-refractivity contribution in [2.24, 2.45) is 0 Å². The largest absolute Gasteiger partial charge is 0.323 e. The maximum atomic E-state index is 13.5. The third kappa shape index (κ3) is 4.18. The van der Waals surface area contributed by atoms with E-state index in [9.17, 15) is 9.18 Å². The molecule has 1 N–H and O–H groups in total. The molecule has 0 radical (unpaired) electrons. The van der Waals surface area contributed by atoms with Crippen molar-refractivity contribution in [3.63, 3.8) is 0 Å². The Bertz CT molecular complexity index is 655. The van der Waals surface area contributed by atoms with Crippen LogP contribution in [0.2, 0.25) is 5.02 Å². The van der Waals surface area contributed by atoms with Crippen LogP contribution < -0.4 is 5.32 Å². The standard InChI is InChI=1S/C15H10BrClFNO/c16-11-2-7-14(18)10(9-11)1-8-15(20)19-13-5-3-12(17)4-6-13/h1-9H,(H,19,20)/b8-1+. The predicted molar refractivity (Wildman–Crippen MR) is 83.2 cm³/mol. The lowest BCUT2D eigenvalue weighted by Gasteiger charge is -2.02. The minimum Gasteiger partial charge on any atom is -0.323 e. The zero-order chi connectivity index (χ0) is 14.5. The first-order valence-corrected chi connectivity index (χ1v) is 6.91. The molecule has 0 bridgehead atoms. The molecule has 20 heavy (non-hydrogen) atoms. The minimum atomic E-state index is -0.385. The van der Waals surface area contributed by atoms with Gasteiger partial charge in [-0.25, -0.2) is 4.39 Å². The van der Waals surface area contributed by atoms with Gasteiger partial charge in [-0.1, -0.05) is 27.5 Å². The monoisotopic (exact) mass is 353 g/mol. The van der Waals surface area contributed by atoms with Crippen LogP contribution in [0.3, 0.4) is 0 Å². The first-order valence-electron chi connectivity index (χ1n) is 5.74. The van der Waals surface area contributed by atoms with Crippen LogP contribution in [0, 0.1) is 5.82 Å². The van der Waals surface area contributed by atoms with Crippen molar-refractivity contribution in [1.29, 1.82) is 0 Å². The van der Waals surface area contributed by atoms with Crippen molar-refractivity contribution in [1.82, 2.24) is 0 Å². The smallest absolute Gasteiger partial charge is 0.248 e. The van der Waals surface area contributed by atoms with E-state index >= 15 is 0 Å². The Balaban J connectivity index is 2.05. The molecule has 0 aliphatic heterocycles. The van der Waals surface area contributed by atoms with Crippen molar-refractivity contribution in [3.8, 4) is 0 Å². The van der Waals surface area contributed by atoms with E-state index in [1.807, 2.05) is 0 Å². The second-order valence-electron chi connectivity index (χ2n) is 4.00. The highest BCUT2D eigenvalue weighted by molar-refractivity contribution is 9.10. The number of nitrogens with one attached hydrogen (secondary N) is 1. The van der Waals surface area contributed by atoms with Crippen LogP contribution in [-0.4, -0.2) is 5.91 Å². The van der Waals surface area contributed by atoms with Crippen LogP contribution in [0.15, 0.2) is 53.0 Å². The molecule has 2 aromatic rings. The third-order valence-corrected chi connectivity index (χ3v) is 3.23. The molecule has 0 atom stereocenters. The Morgan fingerprint density at radius 2 is 1.90 bits per heavy atom. The molecular formula is C15H10BrClFNO. The van der Waals surface area contributed by atoms with E-state index in [1.165, 1.54) is 18.2 Å². The van der Waals surface area contributed by atoms with Gasteiger partial charge in [0.2, 0.25) is 5.91 Å². The fourth-order valence-electron chi connectivity index (χ4n) is 1.52. The van der Waals surface area contributed by atoms with Gasteiger partial charge in [0.1, 0.15) is 5.82 Å². The van der Waals surface area contributed by atoms with Crippen molar-refractivity contribution < 1.29 is 9.18 Å². The summed E-state index contributed by atoms with van der Waals surface area (Å²) in [4.78, 5) is 11.7. The molecule has 1 amide bonds. The van der Waals surface area contributed by atoms with Gasteiger partial charge in [-0.05, 0) is 48.5 Å². The van der Waals surface area contributed by atoms with Gasteiger partial charge in [-0.2, -0.15) is 0 Å². The van der Waals surface area contributed by atoms with E-state index in [2.05, 4.69) is 21.2 Å². The van der Waals surface area contributed by atoms with Crippen LogP contribution in [0.1, 0.15) is 5.56 Å². The average molecular weight is 355 g/mol. The minimum absolute atomic E-state index is 0.339. The van der Waals surface area contributed by atoms with Gasteiger partial charge in [0.25, 0.3) is 0 Å². The highest BCUT2D eigenvalue weighted by atomic mass is 79.9. The molecule has 102 valence electrons. The topological polar surface area (TPSA) is 29.1 Å². The highest BCUT2D eigenvalue weighted by Gasteiger charge is 2.01. The Morgan fingerprint density at radius 3 is 2.60 bits per heavy atom. The number of anilines is 1. The zero-order valence-corrected chi connectivity index (χ0v) is 12.6. The van der Waals surface area contributed by atoms with Crippen molar-refractivity contribution in [2.75, 3.05) is 5.32 Å². The second kappa shape index (κ2) is 6.68. The van der Waals surface area contributed by atoms with E-state index in [4.69, 9.17) is 11.6 Å². The molecule has 0 aliphatic rings. The lowest BCUT2D eigenvalue weighted by Crippen LogP contribution is -2.07. The first kappa shape index (κ1) is 14.8. The van der Waals surface area contributed by atoms with Crippen LogP contribution in [0.5, 0.6) is 0 Å². The molecule has 0 aliphatic carbocycles. The summed E-state index contributed by atoms with van der Waals surface area (Å²) in [6.45, 7) is 0. The van der Waals surface area contributed by atoms with Gasteiger partial charge in [0, 0.05) is 26.8 Å². The van der Waals surface area contributed by atoms with Crippen LogP contribution >= 0.6 is 27.5 Å². The Hall–Kier alpha value is -1.65. The normalized spacial score (nSPS) is 10.8. The molecule has 0 saturated heterocycles. The number of hydrogen-bond acceptors (Lipinski definition) is 1. The molecule has 0 spiro atoms. The highest BCUT2D eigenvalue weighted by Crippen LogP contribution is 2.17. The number of hydrogen-bond donors (Lipinski definition) is 1. The molecule has 0 aromatic heterocycles. The molecule has 2 nitrogen and oxygen atoms in total. The maximum Gasteiger partial charge on any atom is 0.248 e. The summed E-state index contributed by atoms with van der Waals surface area (Å²) in [5.41, 5.74) is 0.962. The van der Waals surface area contributed by atoms with Crippen LogP contribution in [0.4, 0.5) is 10.1 Å². The van der Waals surface area contributed by atoms with Gasteiger partial charge in [0.15, 0.2) is 0 Å². The number of carbonyl (C=O) groups is 1. The summed E-state index contributed by atoms with van der Waals surface area (Å²) in [5, 5.41) is 3.25. The molecular weight excluding hydrogens is 345 g/mol. The molecule has 2 rings (SSSR count). The summed E-state index contributed by atoms with van der Waals surface area (Å²) < 4.78 is 14.2. The van der Waals surface area contributed by atoms with E-state index in [0.29, 0.717) is 16.3 Å². The first-order chi connectivity index (χ1) is 9.54. The van der Waals surface area contributed by atoms with E-state index < -0.39 is 0 Å². The summed E-state index contributed by atoms with van der Waals surface area (Å²) in [7, 11) is 0. The quantitative estimate of drug-likeness (QED) is 0.781. The maximum absolute atomic E-state index is 13.5. The zero-order valence-electron chi connectivity index (χ0n) is 10.2. The van der Waals surface area contributed by atoms with Gasteiger partial charge in [0.05, 0.1) is 0 Å². The molecule has 0 fully saturated rings. The van der Waals surface area contributed by atoms with Gasteiger partial charge < -0.3 is 5.32 Å². The second-order valence-corrected chi connectivity index (χ2v) is 5.35. The molecule has 0 heterocycles. The van der Waals surface area contributed by atoms with Crippen molar-refractivity contribution in [2.45, 2.75) is 0 Å². The molecule has 5 heteroatoms. The number of carbonyl (C=O) groups excluding carboxylic acids is 1. The number of amides is 1. The Labute approximate surface area is 129 Å². The van der Waals surface area contributed by atoms with Crippen LogP contribution in [0.25, 0.3) is 6.08 Å². The fourth-order valence-corrected chi connectivity index (χ4v) is 2.03. The van der Waals surface area contributed by atoms with E-state index in [-0.39, 0.29) is 11.7 Å². The fraction of sp³-hybridized carbons (Fsp3) is 0. The number of rotatable bonds is 3.